The van der Waals surface area contributed by atoms with Crippen LogP contribution in [-0.4, -0.2) is 33.6 Å². The molecule has 0 saturated heterocycles. The summed E-state index contributed by atoms with van der Waals surface area (Å²) in [6.07, 6.45) is 19.8. The second-order valence-corrected chi connectivity index (χ2v) is 5.85. The van der Waals surface area contributed by atoms with Gasteiger partial charge in [-0.25, -0.2) is 4.89 Å². The molecule has 0 aliphatic rings. The first-order valence-corrected chi connectivity index (χ1v) is 8.96. The molecule has 0 unspecified atom stereocenters. The van der Waals surface area contributed by atoms with Crippen molar-refractivity contribution in [1.82, 2.24) is 0 Å². The van der Waals surface area contributed by atoms with E-state index in [4.69, 9.17) is 10.4 Å². The molecule has 0 aliphatic carbocycles. The molecule has 0 heterocycles. The van der Waals surface area contributed by atoms with Gasteiger partial charge in [0.25, 0.3) is 0 Å². The normalized spacial score (nSPS) is 15.0. The van der Waals surface area contributed by atoms with Crippen molar-refractivity contribution < 1.29 is 25.2 Å². The molecule has 0 radical (unpaired) electrons. The van der Waals surface area contributed by atoms with Crippen molar-refractivity contribution in [3.8, 4) is 0 Å². The third-order valence-corrected chi connectivity index (χ3v) is 3.54. The summed E-state index contributed by atoms with van der Waals surface area (Å²) in [6.45, 7) is 2.14. The molecular formula is C20H32O5. The third-order valence-electron chi connectivity index (χ3n) is 3.54. The molecule has 0 fully saturated rings. The van der Waals surface area contributed by atoms with E-state index in [1.54, 1.807) is 18.2 Å². The lowest BCUT2D eigenvalue weighted by Gasteiger charge is -2.06. The van der Waals surface area contributed by atoms with Gasteiger partial charge in [-0.2, -0.15) is 0 Å². The molecule has 0 rings (SSSR count). The quantitative estimate of drug-likeness (QED) is 0.173. The third kappa shape index (κ3) is 16.9. The standard InChI is InChI=1S/C20H32O5/c1-2-3-9-13-18(21)14-10-7-5-4-6-8-11-15-19(25-24)16-12-17-20(22)23/h5-8,10-11,14-15,18-19,21,24H,2-4,9,12-13,16-17H2,1H3,(H,22,23)/b7-5-,8-6-,14-10+,15-11+/t18-,19-/m1/s1. The number of hydrogen-bond acceptors (Lipinski definition) is 4. The highest BCUT2D eigenvalue weighted by atomic mass is 17.1. The summed E-state index contributed by atoms with van der Waals surface area (Å²) in [5.41, 5.74) is 0. The Balaban J connectivity index is 3.89. The number of aliphatic hydroxyl groups is 1. The van der Waals surface area contributed by atoms with Gasteiger partial charge in [0.05, 0.1) is 6.10 Å². The fourth-order valence-electron chi connectivity index (χ4n) is 2.11. The van der Waals surface area contributed by atoms with Gasteiger partial charge >= 0.3 is 5.97 Å². The van der Waals surface area contributed by atoms with Crippen LogP contribution >= 0.6 is 0 Å². The molecule has 142 valence electrons. The number of carboxylic acid groups (broad SMARTS) is 1. The van der Waals surface area contributed by atoms with Gasteiger partial charge in [-0.05, 0) is 25.7 Å². The Bertz CT molecular complexity index is 437. The molecule has 0 bridgehead atoms. The summed E-state index contributed by atoms with van der Waals surface area (Å²) in [6, 6.07) is 0. The van der Waals surface area contributed by atoms with E-state index in [2.05, 4.69) is 11.8 Å². The number of unbranched alkanes of at least 4 members (excludes halogenated alkanes) is 2. The molecular weight excluding hydrogens is 320 g/mol. The highest BCUT2D eigenvalue weighted by molar-refractivity contribution is 5.66. The van der Waals surface area contributed by atoms with Crippen LogP contribution < -0.4 is 0 Å². The Morgan fingerprint density at radius 1 is 1.00 bits per heavy atom. The number of rotatable bonds is 15. The van der Waals surface area contributed by atoms with Crippen molar-refractivity contribution in [2.24, 2.45) is 0 Å². The lowest BCUT2D eigenvalue weighted by Crippen LogP contribution is -2.08. The molecule has 0 spiro atoms. The van der Waals surface area contributed by atoms with Crippen molar-refractivity contribution in [3.63, 3.8) is 0 Å². The Morgan fingerprint density at radius 3 is 2.28 bits per heavy atom. The van der Waals surface area contributed by atoms with Gasteiger partial charge in [0.1, 0.15) is 6.10 Å². The number of carbonyl (C=O) groups is 1. The van der Waals surface area contributed by atoms with Crippen LogP contribution in [0, 0.1) is 0 Å². The van der Waals surface area contributed by atoms with E-state index in [9.17, 15) is 9.90 Å². The summed E-state index contributed by atoms with van der Waals surface area (Å²) in [5, 5.41) is 27.0. The average Bonchev–Trinajstić information content (AvgIpc) is 2.58. The predicted molar refractivity (Wildman–Crippen MR) is 100 cm³/mol. The topological polar surface area (TPSA) is 87.0 Å². The molecule has 5 heteroatoms. The Labute approximate surface area is 151 Å². The maximum absolute atomic E-state index is 10.4. The SMILES string of the molecule is CCCCC[C@@H](O)/C=C/C=C\C/C=C\C=C\[C@H](CCCC(=O)O)OO. The average molecular weight is 352 g/mol. The zero-order chi connectivity index (χ0) is 18.8. The van der Waals surface area contributed by atoms with Crippen LogP contribution in [-0.2, 0) is 9.68 Å². The van der Waals surface area contributed by atoms with E-state index in [-0.39, 0.29) is 12.5 Å². The molecule has 3 N–H and O–H groups in total. The maximum atomic E-state index is 10.4. The minimum absolute atomic E-state index is 0.0646. The summed E-state index contributed by atoms with van der Waals surface area (Å²) in [4.78, 5) is 14.7. The number of hydrogen-bond donors (Lipinski definition) is 3. The fourth-order valence-corrected chi connectivity index (χ4v) is 2.11. The van der Waals surface area contributed by atoms with Crippen LogP contribution in [0.2, 0.25) is 0 Å². The van der Waals surface area contributed by atoms with Gasteiger partial charge in [0.2, 0.25) is 0 Å². The number of carboxylic acids is 1. The Hall–Kier alpha value is -1.69. The largest absolute Gasteiger partial charge is 0.481 e. The van der Waals surface area contributed by atoms with Gasteiger partial charge in [-0.15, -0.1) is 0 Å². The maximum Gasteiger partial charge on any atom is 0.303 e. The zero-order valence-electron chi connectivity index (χ0n) is 15.1. The van der Waals surface area contributed by atoms with Crippen LogP contribution in [0.1, 0.15) is 58.3 Å². The number of aliphatic carboxylic acids is 1. The van der Waals surface area contributed by atoms with Crippen LogP contribution in [0.3, 0.4) is 0 Å². The van der Waals surface area contributed by atoms with Gasteiger partial charge in [0.15, 0.2) is 0 Å². The van der Waals surface area contributed by atoms with Crippen LogP contribution in [0.5, 0.6) is 0 Å². The number of aliphatic hydroxyl groups excluding tert-OH is 1. The van der Waals surface area contributed by atoms with E-state index in [1.807, 2.05) is 30.4 Å². The van der Waals surface area contributed by atoms with E-state index in [0.29, 0.717) is 12.8 Å². The monoisotopic (exact) mass is 352 g/mol. The molecule has 5 nitrogen and oxygen atoms in total. The minimum Gasteiger partial charge on any atom is -0.481 e. The molecule has 0 saturated carbocycles. The van der Waals surface area contributed by atoms with E-state index in [1.165, 1.54) is 0 Å². The first-order chi connectivity index (χ1) is 12.1. The molecule has 0 aromatic carbocycles. The zero-order valence-corrected chi connectivity index (χ0v) is 15.1. The Kier molecular flexibility index (Phi) is 16.0. The first kappa shape index (κ1) is 23.3. The highest BCUT2D eigenvalue weighted by Crippen LogP contribution is 2.06. The van der Waals surface area contributed by atoms with Crippen molar-refractivity contribution in [3.05, 3.63) is 48.6 Å². The summed E-state index contributed by atoms with van der Waals surface area (Å²) < 4.78 is 0. The van der Waals surface area contributed by atoms with Crippen LogP contribution in [0.25, 0.3) is 0 Å². The lowest BCUT2D eigenvalue weighted by atomic mass is 10.1. The van der Waals surface area contributed by atoms with Crippen molar-refractivity contribution in [2.45, 2.75) is 70.5 Å². The second kappa shape index (κ2) is 17.1. The molecule has 25 heavy (non-hydrogen) atoms. The molecule has 0 aromatic heterocycles. The predicted octanol–water partition coefficient (Wildman–Crippen LogP) is 4.66. The van der Waals surface area contributed by atoms with E-state index < -0.39 is 12.1 Å². The van der Waals surface area contributed by atoms with Gasteiger partial charge in [-0.3, -0.25) is 10.1 Å². The fraction of sp³-hybridized carbons (Fsp3) is 0.550. The molecule has 0 amide bonds. The van der Waals surface area contributed by atoms with Crippen LogP contribution in [0.15, 0.2) is 48.6 Å². The highest BCUT2D eigenvalue weighted by Gasteiger charge is 2.05. The summed E-state index contributed by atoms with van der Waals surface area (Å²) in [7, 11) is 0. The van der Waals surface area contributed by atoms with Crippen molar-refractivity contribution in [1.29, 1.82) is 0 Å². The summed E-state index contributed by atoms with van der Waals surface area (Å²) >= 11 is 0. The van der Waals surface area contributed by atoms with Gasteiger partial charge < -0.3 is 10.2 Å². The second-order valence-electron chi connectivity index (χ2n) is 5.85. The van der Waals surface area contributed by atoms with Gasteiger partial charge in [0, 0.05) is 6.42 Å². The Morgan fingerprint density at radius 2 is 1.68 bits per heavy atom. The molecule has 0 aliphatic heterocycles. The minimum atomic E-state index is -0.852. The van der Waals surface area contributed by atoms with E-state index in [0.717, 1.165) is 32.1 Å². The smallest absolute Gasteiger partial charge is 0.303 e. The number of allylic oxidation sites excluding steroid dienone is 6. The van der Waals surface area contributed by atoms with Gasteiger partial charge in [-0.1, -0.05) is 74.8 Å². The first-order valence-electron chi connectivity index (χ1n) is 8.96. The van der Waals surface area contributed by atoms with E-state index >= 15 is 0 Å². The van der Waals surface area contributed by atoms with Crippen molar-refractivity contribution >= 4 is 5.97 Å². The summed E-state index contributed by atoms with van der Waals surface area (Å²) in [5.74, 6) is -0.852. The molecule has 0 aromatic rings. The lowest BCUT2D eigenvalue weighted by molar-refractivity contribution is -0.267. The molecule has 2 atom stereocenters. The van der Waals surface area contributed by atoms with Crippen molar-refractivity contribution in [2.75, 3.05) is 0 Å². The van der Waals surface area contributed by atoms with Crippen LogP contribution in [0.4, 0.5) is 0 Å².